The molecule has 0 radical (unpaired) electrons. The van der Waals surface area contributed by atoms with Gasteiger partial charge in [0.25, 0.3) is 0 Å². The van der Waals surface area contributed by atoms with Crippen LogP contribution in [0.5, 0.6) is 0 Å². The molecule has 1 fully saturated rings. The van der Waals surface area contributed by atoms with Gasteiger partial charge in [0.15, 0.2) is 0 Å². The molecule has 0 saturated heterocycles. The first-order valence-corrected chi connectivity index (χ1v) is 5.34. The van der Waals surface area contributed by atoms with Gasteiger partial charge in [-0.05, 0) is 12.8 Å². The normalized spacial score (nSPS) is 23.0. The summed E-state index contributed by atoms with van der Waals surface area (Å²) < 4.78 is 10.7. The van der Waals surface area contributed by atoms with Gasteiger partial charge in [-0.15, -0.1) is 0 Å². The molecule has 3 nitrogen and oxygen atoms in total. The molecule has 0 aliphatic heterocycles. The fourth-order valence-electron chi connectivity index (χ4n) is 1.42. The Kier molecular flexibility index (Phi) is 2.50. The van der Waals surface area contributed by atoms with E-state index < -0.39 is 7.60 Å². The summed E-state index contributed by atoms with van der Waals surface area (Å²) in [6.45, 7) is 0. The van der Waals surface area contributed by atoms with Crippen LogP contribution in [0.15, 0.2) is 0 Å². The molecule has 0 spiro atoms. The van der Waals surface area contributed by atoms with Crippen molar-refractivity contribution in [3.63, 3.8) is 0 Å². The van der Waals surface area contributed by atoms with Crippen molar-refractivity contribution in [3.8, 4) is 0 Å². The largest absolute Gasteiger partial charge is 0.328 e. The Hall–Kier alpha value is 0.150. The van der Waals surface area contributed by atoms with Crippen LogP contribution in [0.1, 0.15) is 32.1 Å². The molecule has 4 heteroatoms. The van der Waals surface area contributed by atoms with Gasteiger partial charge in [0.05, 0.1) is 5.66 Å². The minimum atomic E-state index is -3.74. The Morgan fingerprint density at radius 2 is 1.60 bits per heavy atom. The molecule has 0 aromatic rings. The lowest BCUT2D eigenvalue weighted by Gasteiger charge is -2.21. The minimum Gasteiger partial charge on any atom is -0.324 e. The van der Waals surface area contributed by atoms with E-state index in [0.717, 1.165) is 19.3 Å². The molecular weight excluding hydrogens is 151 g/mol. The predicted octanol–water partition coefficient (Wildman–Crippen LogP) is 1.50. The standard InChI is InChI=1S/C6H13O3P/c7-10(8,9)6-4-2-1-3-5-6/h6H,1-5H2,(H2,7,8,9). The molecule has 1 aliphatic rings. The van der Waals surface area contributed by atoms with Crippen LogP contribution in [0, 0.1) is 0 Å². The van der Waals surface area contributed by atoms with Gasteiger partial charge in [0, 0.05) is 0 Å². The predicted molar refractivity (Wildman–Crippen MR) is 38.9 cm³/mol. The fraction of sp³-hybridized carbons (Fsp3) is 1.00. The third-order valence-corrected chi connectivity index (χ3v) is 3.52. The molecule has 10 heavy (non-hydrogen) atoms. The summed E-state index contributed by atoms with van der Waals surface area (Å²) in [6, 6.07) is 0. The molecule has 0 heterocycles. The second-order valence-corrected chi connectivity index (χ2v) is 4.79. The maximum Gasteiger partial charge on any atom is 0.328 e. The molecule has 0 amide bonds. The van der Waals surface area contributed by atoms with Crippen LogP contribution in [0.4, 0.5) is 0 Å². The van der Waals surface area contributed by atoms with E-state index in [9.17, 15) is 4.57 Å². The molecule has 0 aromatic heterocycles. The van der Waals surface area contributed by atoms with Crippen molar-refractivity contribution >= 4 is 7.60 Å². The van der Waals surface area contributed by atoms with E-state index in [-0.39, 0.29) is 5.66 Å². The summed E-state index contributed by atoms with van der Waals surface area (Å²) in [5.41, 5.74) is -0.332. The van der Waals surface area contributed by atoms with E-state index in [0.29, 0.717) is 12.8 Å². The third kappa shape index (κ3) is 2.08. The van der Waals surface area contributed by atoms with E-state index in [1.54, 1.807) is 0 Å². The molecule has 0 atom stereocenters. The first-order valence-electron chi connectivity index (χ1n) is 3.66. The topological polar surface area (TPSA) is 57.5 Å². The molecule has 1 aliphatic carbocycles. The summed E-state index contributed by atoms with van der Waals surface area (Å²) in [6.07, 6.45) is 4.52. The first kappa shape index (κ1) is 8.25. The van der Waals surface area contributed by atoms with Gasteiger partial charge in [-0.1, -0.05) is 19.3 Å². The van der Waals surface area contributed by atoms with Crippen LogP contribution in [0.3, 0.4) is 0 Å². The number of hydrogen-bond acceptors (Lipinski definition) is 1. The molecule has 1 rings (SSSR count). The number of rotatable bonds is 1. The van der Waals surface area contributed by atoms with Gasteiger partial charge in [-0.25, -0.2) is 0 Å². The highest BCUT2D eigenvalue weighted by Crippen LogP contribution is 2.47. The van der Waals surface area contributed by atoms with Gasteiger partial charge < -0.3 is 9.79 Å². The molecule has 1 saturated carbocycles. The fourth-order valence-corrected chi connectivity index (χ4v) is 2.46. The second-order valence-electron chi connectivity index (χ2n) is 2.88. The zero-order chi connectivity index (χ0) is 7.61. The summed E-state index contributed by atoms with van der Waals surface area (Å²) in [5.74, 6) is 0. The quantitative estimate of drug-likeness (QED) is 0.577. The lowest BCUT2D eigenvalue weighted by atomic mass is 10.0. The average molecular weight is 164 g/mol. The van der Waals surface area contributed by atoms with Crippen LogP contribution in [-0.4, -0.2) is 15.4 Å². The molecule has 60 valence electrons. The van der Waals surface area contributed by atoms with Gasteiger partial charge >= 0.3 is 7.60 Å². The highest BCUT2D eigenvalue weighted by molar-refractivity contribution is 7.52. The van der Waals surface area contributed by atoms with Gasteiger partial charge in [-0.2, -0.15) is 0 Å². The third-order valence-electron chi connectivity index (χ3n) is 2.05. The summed E-state index contributed by atoms with van der Waals surface area (Å²) in [5, 5.41) is 0. The summed E-state index contributed by atoms with van der Waals surface area (Å²) in [7, 11) is -3.74. The van der Waals surface area contributed by atoms with Crippen LogP contribution in [0.2, 0.25) is 0 Å². The van der Waals surface area contributed by atoms with Crippen molar-refractivity contribution in [2.75, 3.05) is 0 Å². The first-order chi connectivity index (χ1) is 4.61. The van der Waals surface area contributed by atoms with E-state index in [1.165, 1.54) is 0 Å². The Morgan fingerprint density at radius 1 is 1.10 bits per heavy atom. The van der Waals surface area contributed by atoms with Crippen LogP contribution < -0.4 is 0 Å². The zero-order valence-corrected chi connectivity index (χ0v) is 6.76. The minimum absolute atomic E-state index is 0.332. The van der Waals surface area contributed by atoms with E-state index >= 15 is 0 Å². The van der Waals surface area contributed by atoms with Gasteiger partial charge in [0.1, 0.15) is 0 Å². The van der Waals surface area contributed by atoms with Crippen molar-refractivity contribution in [2.45, 2.75) is 37.8 Å². The maximum absolute atomic E-state index is 10.7. The molecular formula is C6H13O3P. The summed E-state index contributed by atoms with van der Waals surface area (Å²) in [4.78, 5) is 17.5. The second kappa shape index (κ2) is 3.04. The molecule has 0 bridgehead atoms. The number of hydrogen-bond donors (Lipinski definition) is 2. The van der Waals surface area contributed by atoms with Crippen molar-refractivity contribution in [1.82, 2.24) is 0 Å². The van der Waals surface area contributed by atoms with E-state index in [4.69, 9.17) is 9.79 Å². The highest BCUT2D eigenvalue weighted by atomic mass is 31.2. The lowest BCUT2D eigenvalue weighted by Crippen LogP contribution is -2.12. The average Bonchev–Trinajstić information content (AvgIpc) is 1.88. The van der Waals surface area contributed by atoms with Crippen LogP contribution in [-0.2, 0) is 4.57 Å². The molecule has 2 N–H and O–H groups in total. The Bertz CT molecular complexity index is 145. The van der Waals surface area contributed by atoms with Gasteiger partial charge in [-0.3, -0.25) is 4.57 Å². The van der Waals surface area contributed by atoms with E-state index in [1.807, 2.05) is 0 Å². The van der Waals surface area contributed by atoms with Crippen molar-refractivity contribution in [1.29, 1.82) is 0 Å². The lowest BCUT2D eigenvalue weighted by molar-refractivity contribution is 0.337. The van der Waals surface area contributed by atoms with Gasteiger partial charge in [0.2, 0.25) is 0 Å². The van der Waals surface area contributed by atoms with Crippen molar-refractivity contribution in [3.05, 3.63) is 0 Å². The SMILES string of the molecule is O=P(O)(O)C1CCCCC1. The Morgan fingerprint density at radius 3 is 1.90 bits per heavy atom. The molecule has 0 unspecified atom stereocenters. The maximum atomic E-state index is 10.7. The smallest absolute Gasteiger partial charge is 0.324 e. The Balaban J connectivity index is 2.47. The van der Waals surface area contributed by atoms with Crippen molar-refractivity contribution in [2.24, 2.45) is 0 Å². The van der Waals surface area contributed by atoms with E-state index in [2.05, 4.69) is 0 Å². The molecule has 0 aromatic carbocycles. The zero-order valence-electron chi connectivity index (χ0n) is 5.86. The summed E-state index contributed by atoms with van der Waals surface area (Å²) >= 11 is 0. The van der Waals surface area contributed by atoms with Crippen LogP contribution >= 0.6 is 7.60 Å². The highest BCUT2D eigenvalue weighted by Gasteiger charge is 2.29. The monoisotopic (exact) mass is 164 g/mol. The van der Waals surface area contributed by atoms with Crippen LogP contribution in [0.25, 0.3) is 0 Å². The Labute approximate surface area is 60.6 Å². The van der Waals surface area contributed by atoms with Crippen molar-refractivity contribution < 1.29 is 14.4 Å².